The van der Waals surface area contributed by atoms with Crippen LogP contribution in [0.15, 0.2) is 72.8 Å². The zero-order valence-corrected chi connectivity index (χ0v) is 18.8. The molecule has 0 aromatic heterocycles. The van der Waals surface area contributed by atoms with E-state index < -0.39 is 0 Å². The summed E-state index contributed by atoms with van der Waals surface area (Å²) in [6.45, 7) is 12.2. The van der Waals surface area contributed by atoms with E-state index in [1.165, 1.54) is 5.39 Å². The Balaban J connectivity index is 0.000000260. The molecular weight excluding hydrogens is 372 g/mol. The van der Waals surface area contributed by atoms with E-state index in [2.05, 4.69) is 26.0 Å². The first-order valence-electron chi connectivity index (χ1n) is 10.6. The van der Waals surface area contributed by atoms with Crippen LogP contribution in [0, 0.1) is 0 Å². The summed E-state index contributed by atoms with van der Waals surface area (Å²) in [6, 6.07) is 22.0. The molecule has 0 atom stereocenters. The van der Waals surface area contributed by atoms with Crippen LogP contribution >= 0.6 is 0 Å². The zero-order chi connectivity index (χ0) is 22.7. The fourth-order valence-electron chi connectivity index (χ4n) is 3.17. The molecule has 4 aromatic carbocycles. The maximum atomic E-state index is 9.78. The zero-order valence-electron chi connectivity index (χ0n) is 18.8. The van der Waals surface area contributed by atoms with Crippen molar-refractivity contribution >= 4 is 21.5 Å². The second kappa shape index (κ2) is 12.4. The van der Waals surface area contributed by atoms with Crippen molar-refractivity contribution in [1.82, 2.24) is 0 Å². The quantitative estimate of drug-likeness (QED) is 0.300. The molecule has 30 heavy (non-hydrogen) atoms. The SMILES string of the molecule is CC.CC.CC(C)c1c(O)ccc2ccccc12.Oc1cccc2c(O)cccc12. The lowest BCUT2D eigenvalue weighted by molar-refractivity contribution is 0.466. The molecule has 0 spiro atoms. The third-order valence-electron chi connectivity index (χ3n) is 4.40. The number of benzene rings is 4. The van der Waals surface area contributed by atoms with E-state index in [0.717, 1.165) is 10.9 Å². The van der Waals surface area contributed by atoms with Gasteiger partial charge in [-0.25, -0.2) is 0 Å². The summed E-state index contributed by atoms with van der Waals surface area (Å²) in [4.78, 5) is 0. The standard InChI is InChI=1S/C13H14O.C10H8O2.2C2H6/c1-9(2)13-11-6-4-3-5-10(11)7-8-12(13)14;11-9-5-1-3-7-8(9)4-2-6-10(7)12;2*1-2/h3-9,14H,1-2H3;1-6,11-12H;2*1-2H3. The summed E-state index contributed by atoms with van der Waals surface area (Å²) in [6.07, 6.45) is 0. The third kappa shape index (κ3) is 5.90. The van der Waals surface area contributed by atoms with Crippen LogP contribution in [0.1, 0.15) is 53.0 Å². The summed E-state index contributed by atoms with van der Waals surface area (Å²) in [5.41, 5.74) is 1.04. The molecule has 3 nitrogen and oxygen atoms in total. The lowest BCUT2D eigenvalue weighted by Gasteiger charge is -2.11. The van der Waals surface area contributed by atoms with Crippen molar-refractivity contribution in [2.24, 2.45) is 0 Å². The smallest absolute Gasteiger partial charge is 0.123 e. The summed E-state index contributed by atoms with van der Waals surface area (Å²) in [7, 11) is 0. The van der Waals surface area contributed by atoms with E-state index in [9.17, 15) is 15.3 Å². The molecule has 4 aromatic rings. The van der Waals surface area contributed by atoms with Gasteiger partial charge in [-0.2, -0.15) is 0 Å². The Morgan fingerprint density at radius 1 is 0.500 bits per heavy atom. The van der Waals surface area contributed by atoms with Crippen molar-refractivity contribution < 1.29 is 15.3 Å². The highest BCUT2D eigenvalue weighted by atomic mass is 16.3. The van der Waals surface area contributed by atoms with Gasteiger partial charge in [0.1, 0.15) is 17.2 Å². The lowest BCUT2D eigenvalue weighted by atomic mass is 9.95. The maximum Gasteiger partial charge on any atom is 0.123 e. The van der Waals surface area contributed by atoms with Gasteiger partial charge < -0.3 is 15.3 Å². The average molecular weight is 407 g/mol. The van der Waals surface area contributed by atoms with Gasteiger partial charge in [-0.3, -0.25) is 0 Å². The first kappa shape index (κ1) is 24.8. The Hall–Kier alpha value is -3.20. The van der Waals surface area contributed by atoms with Crippen LogP contribution in [0.5, 0.6) is 17.2 Å². The van der Waals surface area contributed by atoms with Gasteiger partial charge in [0.05, 0.1) is 0 Å². The Labute approximate surface area is 180 Å². The molecule has 0 aliphatic heterocycles. The maximum absolute atomic E-state index is 9.78. The molecule has 0 aliphatic rings. The molecule has 0 radical (unpaired) electrons. The summed E-state index contributed by atoms with van der Waals surface area (Å²) in [5, 5.41) is 32.2. The van der Waals surface area contributed by atoms with Gasteiger partial charge in [0.2, 0.25) is 0 Å². The van der Waals surface area contributed by atoms with Crippen LogP contribution in [0.25, 0.3) is 21.5 Å². The van der Waals surface area contributed by atoms with Crippen LogP contribution in [-0.2, 0) is 0 Å². The molecule has 0 fully saturated rings. The van der Waals surface area contributed by atoms with Crippen molar-refractivity contribution in [3.8, 4) is 17.2 Å². The van der Waals surface area contributed by atoms with Crippen LogP contribution in [0.3, 0.4) is 0 Å². The number of hydrogen-bond acceptors (Lipinski definition) is 3. The van der Waals surface area contributed by atoms with Gasteiger partial charge in [0.15, 0.2) is 0 Å². The second-order valence-corrected chi connectivity index (χ2v) is 6.52. The molecule has 4 rings (SSSR count). The van der Waals surface area contributed by atoms with E-state index in [1.807, 2.05) is 45.9 Å². The van der Waals surface area contributed by atoms with Crippen LogP contribution in [0.2, 0.25) is 0 Å². The molecule has 160 valence electrons. The number of aromatic hydroxyl groups is 3. The summed E-state index contributed by atoms with van der Waals surface area (Å²) < 4.78 is 0. The van der Waals surface area contributed by atoms with Crippen molar-refractivity contribution in [3.63, 3.8) is 0 Å². The molecule has 0 amide bonds. The average Bonchev–Trinajstić information content (AvgIpc) is 2.77. The molecule has 0 saturated carbocycles. The van der Waals surface area contributed by atoms with Gasteiger partial charge in [-0.05, 0) is 34.9 Å². The molecular formula is C27H34O3. The van der Waals surface area contributed by atoms with Crippen molar-refractivity contribution in [3.05, 3.63) is 78.4 Å². The van der Waals surface area contributed by atoms with E-state index in [4.69, 9.17) is 0 Å². The first-order valence-corrected chi connectivity index (χ1v) is 10.6. The van der Waals surface area contributed by atoms with Gasteiger partial charge in [-0.15, -0.1) is 0 Å². The third-order valence-corrected chi connectivity index (χ3v) is 4.40. The number of rotatable bonds is 1. The highest BCUT2D eigenvalue weighted by molar-refractivity contribution is 5.92. The van der Waals surface area contributed by atoms with Gasteiger partial charge in [-0.1, -0.05) is 96.1 Å². The van der Waals surface area contributed by atoms with Gasteiger partial charge >= 0.3 is 0 Å². The van der Waals surface area contributed by atoms with E-state index in [1.54, 1.807) is 42.5 Å². The molecule has 0 saturated heterocycles. The number of hydrogen-bond donors (Lipinski definition) is 3. The number of phenols is 3. The first-order chi connectivity index (χ1) is 14.5. The van der Waals surface area contributed by atoms with E-state index in [0.29, 0.717) is 22.4 Å². The fraction of sp³-hybridized carbons (Fsp3) is 0.259. The number of phenolic OH excluding ortho intramolecular Hbond substituents is 3. The van der Waals surface area contributed by atoms with E-state index >= 15 is 0 Å². The Morgan fingerprint density at radius 2 is 0.967 bits per heavy atom. The molecule has 0 unspecified atom stereocenters. The van der Waals surface area contributed by atoms with E-state index in [-0.39, 0.29) is 11.5 Å². The minimum absolute atomic E-state index is 0.198. The van der Waals surface area contributed by atoms with Crippen LogP contribution in [0.4, 0.5) is 0 Å². The highest BCUT2D eigenvalue weighted by Crippen LogP contribution is 2.33. The Kier molecular flexibility index (Phi) is 10.3. The molecule has 0 aliphatic carbocycles. The van der Waals surface area contributed by atoms with Gasteiger partial charge in [0, 0.05) is 16.3 Å². The van der Waals surface area contributed by atoms with Crippen molar-refractivity contribution in [2.45, 2.75) is 47.5 Å². The van der Waals surface area contributed by atoms with Crippen molar-refractivity contribution in [1.29, 1.82) is 0 Å². The van der Waals surface area contributed by atoms with Crippen molar-refractivity contribution in [2.75, 3.05) is 0 Å². The summed E-state index contributed by atoms with van der Waals surface area (Å²) in [5.74, 6) is 1.15. The van der Waals surface area contributed by atoms with Crippen LogP contribution < -0.4 is 0 Å². The second-order valence-electron chi connectivity index (χ2n) is 6.52. The Morgan fingerprint density at radius 3 is 1.47 bits per heavy atom. The largest absolute Gasteiger partial charge is 0.508 e. The molecule has 3 N–H and O–H groups in total. The Bertz CT molecular complexity index is 1010. The highest BCUT2D eigenvalue weighted by Gasteiger charge is 2.09. The monoisotopic (exact) mass is 406 g/mol. The minimum Gasteiger partial charge on any atom is -0.508 e. The normalized spacial score (nSPS) is 9.70. The fourth-order valence-corrected chi connectivity index (χ4v) is 3.17. The van der Waals surface area contributed by atoms with Crippen LogP contribution in [-0.4, -0.2) is 15.3 Å². The summed E-state index contributed by atoms with van der Waals surface area (Å²) >= 11 is 0. The minimum atomic E-state index is 0.198. The predicted molar refractivity (Wildman–Crippen MR) is 130 cm³/mol. The number of fused-ring (bicyclic) bond motifs is 2. The predicted octanol–water partition coefficient (Wildman–Crippen LogP) is 7.97. The molecule has 3 heteroatoms. The molecule has 0 heterocycles. The molecule has 0 bridgehead atoms. The topological polar surface area (TPSA) is 60.7 Å². The lowest BCUT2D eigenvalue weighted by Crippen LogP contribution is -1.90. The van der Waals surface area contributed by atoms with Gasteiger partial charge in [0.25, 0.3) is 0 Å².